The number of cyclic esters (lactones) is 1. The minimum absolute atomic E-state index is 0.472. The third-order valence-corrected chi connectivity index (χ3v) is 10.9. The molecule has 3 aromatic rings. The Morgan fingerprint density at radius 1 is 0.625 bits per heavy atom. The highest BCUT2D eigenvalue weighted by Gasteiger charge is 2.42. The van der Waals surface area contributed by atoms with Gasteiger partial charge in [0, 0.05) is 0 Å². The van der Waals surface area contributed by atoms with Crippen molar-refractivity contribution in [3.05, 3.63) is 108 Å². The molecule has 1 aliphatic heterocycles. The van der Waals surface area contributed by atoms with Crippen molar-refractivity contribution in [3.63, 3.8) is 0 Å². The zero-order chi connectivity index (χ0) is 47.5. The molecule has 0 aliphatic carbocycles. The second kappa shape index (κ2) is 22.0. The van der Waals surface area contributed by atoms with E-state index in [1.54, 1.807) is 55.4 Å². The number of hydrogen-bond donors (Lipinski definition) is 7. The van der Waals surface area contributed by atoms with Crippen molar-refractivity contribution in [1.82, 2.24) is 31.9 Å². The highest BCUT2D eigenvalue weighted by molar-refractivity contribution is 5.98. The third kappa shape index (κ3) is 13.0. The van der Waals surface area contributed by atoms with Crippen molar-refractivity contribution in [2.45, 2.75) is 135 Å². The Labute approximate surface area is 375 Å². The molecule has 4 rings (SSSR count). The molecule has 1 saturated heterocycles. The van der Waals surface area contributed by atoms with Gasteiger partial charge in [-0.3, -0.25) is 28.8 Å². The Bertz CT molecular complexity index is 2000. The van der Waals surface area contributed by atoms with Gasteiger partial charge in [0.1, 0.15) is 47.9 Å². The van der Waals surface area contributed by atoms with E-state index in [2.05, 4.69) is 31.9 Å². The predicted molar refractivity (Wildman–Crippen MR) is 241 cm³/mol. The highest BCUT2D eigenvalue weighted by Crippen LogP contribution is 2.37. The summed E-state index contributed by atoms with van der Waals surface area (Å²) >= 11 is 0. The minimum atomic E-state index is -1.65. The summed E-state index contributed by atoms with van der Waals surface area (Å²) in [6.45, 7) is 16.3. The van der Waals surface area contributed by atoms with Gasteiger partial charge in [0.05, 0.1) is 18.1 Å². The topological polar surface area (TPSA) is 236 Å². The molecule has 0 spiro atoms. The van der Waals surface area contributed by atoms with Gasteiger partial charge in [-0.2, -0.15) is 0 Å². The van der Waals surface area contributed by atoms with Crippen LogP contribution in [0.15, 0.2) is 91.0 Å². The first kappa shape index (κ1) is 50.5. The van der Waals surface area contributed by atoms with E-state index in [0.717, 1.165) is 0 Å². The lowest BCUT2D eigenvalue weighted by Gasteiger charge is -2.37. The van der Waals surface area contributed by atoms with Gasteiger partial charge in [-0.05, 0) is 70.1 Å². The largest absolute Gasteiger partial charge is 0.459 e. The molecule has 3 aromatic carbocycles. The lowest BCUT2D eigenvalue weighted by atomic mass is 9.77. The van der Waals surface area contributed by atoms with Crippen LogP contribution >= 0.6 is 0 Å². The smallest absolute Gasteiger partial charge is 0.328 e. The number of amides is 6. The van der Waals surface area contributed by atoms with Crippen LogP contribution < -0.4 is 37.6 Å². The lowest BCUT2D eigenvalue weighted by Crippen LogP contribution is -2.63. The highest BCUT2D eigenvalue weighted by atomic mass is 16.5. The first-order chi connectivity index (χ1) is 30.0. The molecule has 1 aliphatic rings. The lowest BCUT2D eigenvalue weighted by molar-refractivity contribution is -0.154. The summed E-state index contributed by atoms with van der Waals surface area (Å²) in [6, 6.07) is 19.5. The van der Waals surface area contributed by atoms with Crippen LogP contribution in [-0.2, 0) is 48.6 Å². The van der Waals surface area contributed by atoms with E-state index in [9.17, 15) is 33.6 Å². The fourth-order valence-electron chi connectivity index (χ4n) is 7.47. The zero-order valence-electron chi connectivity index (χ0n) is 38.4. The van der Waals surface area contributed by atoms with Crippen LogP contribution in [0.4, 0.5) is 0 Å². The second-order valence-electron chi connectivity index (χ2n) is 17.9. The van der Waals surface area contributed by atoms with Crippen LogP contribution in [0, 0.1) is 11.8 Å². The Balaban J connectivity index is 1.83. The van der Waals surface area contributed by atoms with Crippen LogP contribution in [0.5, 0.6) is 0 Å². The van der Waals surface area contributed by atoms with Crippen LogP contribution in [0.3, 0.4) is 0 Å². The summed E-state index contributed by atoms with van der Waals surface area (Å²) in [5, 5.41) is 16.4. The van der Waals surface area contributed by atoms with E-state index >= 15 is 0 Å². The van der Waals surface area contributed by atoms with Gasteiger partial charge in [0.2, 0.25) is 35.4 Å². The number of esters is 1. The van der Waals surface area contributed by atoms with Crippen LogP contribution in [0.1, 0.15) is 92.3 Å². The molecule has 0 unspecified atom stereocenters. The van der Waals surface area contributed by atoms with E-state index in [-0.39, 0.29) is 0 Å². The van der Waals surface area contributed by atoms with Gasteiger partial charge >= 0.3 is 5.97 Å². The molecule has 0 radical (unpaired) electrons. The quantitative estimate of drug-likeness (QED) is 0.116. The maximum Gasteiger partial charge on any atom is 0.328 e. The molecule has 1 fully saturated rings. The van der Waals surface area contributed by atoms with Gasteiger partial charge in [-0.25, -0.2) is 4.79 Å². The molecule has 16 heteroatoms. The van der Waals surface area contributed by atoms with Crippen molar-refractivity contribution in [2.24, 2.45) is 17.6 Å². The maximum absolute atomic E-state index is 14.7. The number of carbonyl (C=O) groups excluding carboxylic acids is 7. The number of hydrogen-bond acceptors (Lipinski definition) is 10. The van der Waals surface area contributed by atoms with E-state index in [0.29, 0.717) is 16.7 Å². The van der Waals surface area contributed by atoms with Crippen LogP contribution in [-0.4, -0.2) is 95.5 Å². The number of ether oxygens (including phenoxy) is 2. The third-order valence-electron chi connectivity index (χ3n) is 10.9. The number of carbonyl (C=O) groups is 7. The molecule has 1 heterocycles. The fraction of sp³-hybridized carbons (Fsp3) is 0.479. The molecule has 0 saturated carbocycles. The van der Waals surface area contributed by atoms with Crippen molar-refractivity contribution >= 4 is 41.4 Å². The zero-order valence-corrected chi connectivity index (χ0v) is 38.4. The molecule has 8 N–H and O–H groups in total. The summed E-state index contributed by atoms with van der Waals surface area (Å²) in [4.78, 5) is 98.4. The summed E-state index contributed by atoms with van der Waals surface area (Å²) in [7, 11) is 0. The minimum Gasteiger partial charge on any atom is -0.459 e. The van der Waals surface area contributed by atoms with Crippen molar-refractivity contribution in [3.8, 4) is 0 Å². The second-order valence-corrected chi connectivity index (χ2v) is 17.9. The number of nitrogens with two attached hydrogens (primary N) is 1. The summed E-state index contributed by atoms with van der Waals surface area (Å²) in [6.07, 6.45) is -2.90. The molecule has 8 atom stereocenters. The van der Waals surface area contributed by atoms with Crippen molar-refractivity contribution in [1.29, 1.82) is 0 Å². The van der Waals surface area contributed by atoms with Crippen molar-refractivity contribution < 1.29 is 43.0 Å². The first-order valence-corrected chi connectivity index (χ1v) is 21.7. The Hall–Kier alpha value is -6.13. The van der Waals surface area contributed by atoms with E-state index in [4.69, 9.17) is 15.2 Å². The molecule has 64 heavy (non-hydrogen) atoms. The molecular formula is C48H65N7O9. The van der Waals surface area contributed by atoms with Gasteiger partial charge in [0.15, 0.2) is 0 Å². The molecule has 0 aromatic heterocycles. The normalized spacial score (nSPS) is 24.1. The average Bonchev–Trinajstić information content (AvgIpc) is 3.24. The van der Waals surface area contributed by atoms with E-state index < -0.39 is 119 Å². The number of benzene rings is 3. The SMILES string of the molecule is CC(C)[C@@H]1NC(=O)[C@@H](C(C)C)NC(=O)[C@@H](N)[C@@H](C)OC(=O)[C@@H](C)NC(=O)[C@@H](CC(=O)NC(c2ccccc2)(c2ccccc2)c2ccccc2)NC(=O)[C@@H]([C@@H](C)OC(C)(C)C)NC1=O. The van der Waals surface area contributed by atoms with Crippen LogP contribution in [0.2, 0.25) is 0 Å². The summed E-state index contributed by atoms with van der Waals surface area (Å²) in [5.41, 5.74) is 6.22. The van der Waals surface area contributed by atoms with Gasteiger partial charge in [-0.1, -0.05) is 119 Å². The Kier molecular flexibility index (Phi) is 17.3. The molecule has 346 valence electrons. The molecule has 6 amide bonds. The number of rotatable bonds is 10. The van der Waals surface area contributed by atoms with Gasteiger partial charge < -0.3 is 47.1 Å². The Morgan fingerprint density at radius 3 is 1.45 bits per heavy atom. The van der Waals surface area contributed by atoms with Gasteiger partial charge in [0.25, 0.3) is 0 Å². The van der Waals surface area contributed by atoms with E-state index in [1.807, 2.05) is 91.0 Å². The van der Waals surface area contributed by atoms with Crippen molar-refractivity contribution in [2.75, 3.05) is 0 Å². The Morgan fingerprint density at radius 2 is 1.03 bits per heavy atom. The fourth-order valence-corrected chi connectivity index (χ4v) is 7.47. The molecule has 16 nitrogen and oxygen atoms in total. The predicted octanol–water partition coefficient (Wildman–Crippen LogP) is 2.72. The number of nitrogens with one attached hydrogen (secondary N) is 6. The summed E-state index contributed by atoms with van der Waals surface area (Å²) < 4.78 is 11.7. The molecular weight excluding hydrogens is 819 g/mol. The maximum atomic E-state index is 14.7. The standard InChI is InChI=1S/C48H65N7O9/c1-27(2)38-43(59)53-39(28(3)4)44(60)54-40(31(7)64-47(8,9)10)45(61)51-35(41(57)50-29(5)46(62)63-30(6)37(49)42(58)52-38)26-36(56)55-48(32-20-14-11-15-21-32,33-22-16-12-17-23-33)34-24-18-13-19-25-34/h11-25,27-31,35,37-40H,26,49H2,1-10H3,(H,50,57)(H,51,61)(H,52,58)(H,53,59)(H,54,60)(H,55,56)/t29-,30-,31-,35-,37+,38-,39+,40-/m1/s1. The van der Waals surface area contributed by atoms with Crippen LogP contribution in [0.25, 0.3) is 0 Å². The summed E-state index contributed by atoms with van der Waals surface area (Å²) in [5.74, 6) is -6.72. The average molecular weight is 884 g/mol. The monoisotopic (exact) mass is 883 g/mol. The molecule has 0 bridgehead atoms. The van der Waals surface area contributed by atoms with E-state index in [1.165, 1.54) is 13.8 Å². The van der Waals surface area contributed by atoms with Gasteiger partial charge in [-0.15, -0.1) is 0 Å². The first-order valence-electron chi connectivity index (χ1n) is 21.7.